The molecular weight excluding hydrogens is 335 g/mol. The van der Waals surface area contributed by atoms with Crippen LogP contribution in [0.15, 0.2) is 48.8 Å². The van der Waals surface area contributed by atoms with Gasteiger partial charge in [0.1, 0.15) is 6.54 Å². The molecule has 1 heterocycles. The summed E-state index contributed by atoms with van der Waals surface area (Å²) in [7, 11) is 0. The molecule has 0 spiro atoms. The van der Waals surface area contributed by atoms with Gasteiger partial charge in [-0.25, -0.2) is 0 Å². The maximum Gasteiger partial charge on any atom is 0.418 e. The molecule has 0 atom stereocenters. The minimum atomic E-state index is -4.63. The summed E-state index contributed by atoms with van der Waals surface area (Å²) >= 11 is 0. The second-order valence-corrected chi connectivity index (χ2v) is 5.25. The SMILES string of the molecule is CC(=O)N(CC(=O)NCc1ccncc1)c1ccccc1C(F)(F)F. The number of carbonyl (C=O) groups excluding carboxylic acids is 2. The maximum absolute atomic E-state index is 13.1. The fourth-order valence-electron chi connectivity index (χ4n) is 2.22. The van der Waals surface area contributed by atoms with Crippen molar-refractivity contribution in [2.24, 2.45) is 0 Å². The van der Waals surface area contributed by atoms with Crippen molar-refractivity contribution >= 4 is 17.5 Å². The van der Waals surface area contributed by atoms with E-state index in [1.807, 2.05) is 0 Å². The standard InChI is InChI=1S/C17H16F3N3O2/c1-12(24)23(15-5-3-2-4-14(15)17(18,19)20)11-16(25)22-10-13-6-8-21-9-7-13/h2-9H,10-11H2,1H3,(H,22,25). The second-order valence-electron chi connectivity index (χ2n) is 5.25. The number of halogens is 3. The number of nitrogens with zero attached hydrogens (tertiary/aromatic N) is 2. The molecule has 0 saturated carbocycles. The van der Waals surface area contributed by atoms with Crippen LogP contribution in [0.4, 0.5) is 18.9 Å². The number of aromatic nitrogens is 1. The van der Waals surface area contributed by atoms with Crippen LogP contribution in [0, 0.1) is 0 Å². The van der Waals surface area contributed by atoms with Gasteiger partial charge in [0.15, 0.2) is 0 Å². The van der Waals surface area contributed by atoms with E-state index in [0.29, 0.717) is 0 Å². The molecule has 1 N–H and O–H groups in total. The number of benzene rings is 1. The van der Waals surface area contributed by atoms with Crippen LogP contribution in [0.1, 0.15) is 18.1 Å². The molecule has 2 aromatic rings. The number of hydrogen-bond donors (Lipinski definition) is 1. The van der Waals surface area contributed by atoms with Gasteiger partial charge in [0.05, 0.1) is 11.3 Å². The van der Waals surface area contributed by atoms with Gasteiger partial charge in [-0.1, -0.05) is 12.1 Å². The molecule has 0 saturated heterocycles. The van der Waals surface area contributed by atoms with Crippen molar-refractivity contribution in [2.75, 3.05) is 11.4 Å². The Balaban J connectivity index is 2.14. The zero-order valence-electron chi connectivity index (χ0n) is 13.4. The van der Waals surface area contributed by atoms with Crippen LogP contribution in [0.2, 0.25) is 0 Å². The Morgan fingerprint density at radius 1 is 1.12 bits per heavy atom. The van der Waals surface area contributed by atoms with Crippen LogP contribution in [0.25, 0.3) is 0 Å². The summed E-state index contributed by atoms with van der Waals surface area (Å²) in [4.78, 5) is 28.5. The van der Waals surface area contributed by atoms with E-state index < -0.39 is 30.1 Å². The number of alkyl halides is 3. The summed E-state index contributed by atoms with van der Waals surface area (Å²) < 4.78 is 39.4. The van der Waals surface area contributed by atoms with Gasteiger partial charge in [-0.15, -0.1) is 0 Å². The minimum absolute atomic E-state index is 0.189. The molecule has 1 aromatic heterocycles. The maximum atomic E-state index is 13.1. The van der Waals surface area contributed by atoms with Crippen molar-refractivity contribution < 1.29 is 22.8 Å². The van der Waals surface area contributed by atoms with E-state index in [2.05, 4.69) is 10.3 Å². The fraction of sp³-hybridized carbons (Fsp3) is 0.235. The number of para-hydroxylation sites is 1. The highest BCUT2D eigenvalue weighted by Gasteiger charge is 2.35. The zero-order chi connectivity index (χ0) is 18.4. The number of pyridine rings is 1. The lowest BCUT2D eigenvalue weighted by Gasteiger charge is -2.24. The third-order valence-electron chi connectivity index (χ3n) is 3.42. The van der Waals surface area contributed by atoms with E-state index in [0.717, 1.165) is 23.5 Å². The van der Waals surface area contributed by atoms with Crippen molar-refractivity contribution in [3.63, 3.8) is 0 Å². The molecule has 0 aliphatic rings. The monoisotopic (exact) mass is 351 g/mol. The van der Waals surface area contributed by atoms with Crippen LogP contribution in [0.3, 0.4) is 0 Å². The lowest BCUT2D eigenvalue weighted by atomic mass is 10.1. The van der Waals surface area contributed by atoms with Gasteiger partial charge in [0.2, 0.25) is 11.8 Å². The van der Waals surface area contributed by atoms with Gasteiger partial charge in [-0.2, -0.15) is 13.2 Å². The summed E-state index contributed by atoms with van der Waals surface area (Å²) in [5.41, 5.74) is -0.526. The van der Waals surface area contributed by atoms with Gasteiger partial charge in [-0.3, -0.25) is 14.6 Å². The van der Waals surface area contributed by atoms with Crippen LogP contribution in [-0.2, 0) is 22.3 Å². The molecule has 1 aromatic carbocycles. The molecule has 132 valence electrons. The Labute approximate surface area is 142 Å². The Kier molecular flexibility index (Phi) is 5.74. The summed E-state index contributed by atoms with van der Waals surface area (Å²) in [5, 5.41) is 2.57. The molecule has 0 aliphatic heterocycles. The third-order valence-corrected chi connectivity index (χ3v) is 3.42. The average molecular weight is 351 g/mol. The predicted molar refractivity (Wildman–Crippen MR) is 85.6 cm³/mol. The molecular formula is C17H16F3N3O2. The van der Waals surface area contributed by atoms with Crippen LogP contribution < -0.4 is 10.2 Å². The molecule has 2 rings (SSSR count). The Bertz CT molecular complexity index is 748. The molecule has 25 heavy (non-hydrogen) atoms. The molecule has 0 radical (unpaired) electrons. The number of carbonyl (C=O) groups is 2. The summed E-state index contributed by atoms with van der Waals surface area (Å²) in [5.74, 6) is -1.22. The minimum Gasteiger partial charge on any atom is -0.350 e. The third kappa shape index (κ3) is 5.03. The predicted octanol–water partition coefficient (Wildman–Crippen LogP) is 2.77. The first-order valence-electron chi connectivity index (χ1n) is 7.39. The molecule has 0 bridgehead atoms. The van der Waals surface area contributed by atoms with Gasteiger partial charge in [0, 0.05) is 25.9 Å². The van der Waals surface area contributed by atoms with Crippen molar-refractivity contribution in [3.05, 3.63) is 59.9 Å². The van der Waals surface area contributed by atoms with E-state index in [1.165, 1.54) is 18.2 Å². The number of anilines is 1. The molecule has 0 aliphatic carbocycles. The normalized spacial score (nSPS) is 11.0. The topological polar surface area (TPSA) is 62.3 Å². The number of amides is 2. The van der Waals surface area contributed by atoms with Gasteiger partial charge < -0.3 is 10.2 Å². The fourth-order valence-corrected chi connectivity index (χ4v) is 2.22. The lowest BCUT2D eigenvalue weighted by molar-refractivity contribution is -0.137. The molecule has 8 heteroatoms. The van der Waals surface area contributed by atoms with E-state index in [4.69, 9.17) is 0 Å². The molecule has 0 fully saturated rings. The van der Waals surface area contributed by atoms with Crippen LogP contribution >= 0.6 is 0 Å². The van der Waals surface area contributed by atoms with Gasteiger partial charge >= 0.3 is 6.18 Å². The van der Waals surface area contributed by atoms with Crippen molar-refractivity contribution in [2.45, 2.75) is 19.6 Å². The molecule has 5 nitrogen and oxygen atoms in total. The second kappa shape index (κ2) is 7.78. The molecule has 2 amide bonds. The van der Waals surface area contributed by atoms with Crippen LogP contribution in [-0.4, -0.2) is 23.3 Å². The Hall–Kier alpha value is -2.90. The van der Waals surface area contributed by atoms with Gasteiger partial charge in [-0.05, 0) is 29.8 Å². The Morgan fingerprint density at radius 3 is 2.36 bits per heavy atom. The highest BCUT2D eigenvalue weighted by atomic mass is 19.4. The first-order valence-corrected chi connectivity index (χ1v) is 7.39. The first-order chi connectivity index (χ1) is 11.8. The number of hydrogen-bond acceptors (Lipinski definition) is 3. The van der Waals surface area contributed by atoms with Crippen molar-refractivity contribution in [1.82, 2.24) is 10.3 Å². The van der Waals surface area contributed by atoms with E-state index in [-0.39, 0.29) is 12.2 Å². The number of nitrogens with one attached hydrogen (secondary N) is 1. The smallest absolute Gasteiger partial charge is 0.350 e. The highest BCUT2D eigenvalue weighted by molar-refractivity contribution is 5.98. The van der Waals surface area contributed by atoms with E-state index in [9.17, 15) is 22.8 Å². The van der Waals surface area contributed by atoms with E-state index >= 15 is 0 Å². The zero-order valence-corrected chi connectivity index (χ0v) is 13.4. The Morgan fingerprint density at radius 2 is 1.76 bits per heavy atom. The molecule has 0 unspecified atom stereocenters. The quantitative estimate of drug-likeness (QED) is 0.901. The average Bonchev–Trinajstić information content (AvgIpc) is 2.58. The lowest BCUT2D eigenvalue weighted by Crippen LogP contribution is -2.40. The van der Waals surface area contributed by atoms with E-state index in [1.54, 1.807) is 24.5 Å². The van der Waals surface area contributed by atoms with Crippen molar-refractivity contribution in [3.8, 4) is 0 Å². The summed E-state index contributed by atoms with van der Waals surface area (Å²) in [6.45, 7) is 0.796. The van der Waals surface area contributed by atoms with Crippen LogP contribution in [0.5, 0.6) is 0 Å². The van der Waals surface area contributed by atoms with Gasteiger partial charge in [0.25, 0.3) is 0 Å². The van der Waals surface area contributed by atoms with Crippen molar-refractivity contribution in [1.29, 1.82) is 0 Å². The first kappa shape index (κ1) is 18.4. The number of rotatable bonds is 5. The largest absolute Gasteiger partial charge is 0.418 e. The summed E-state index contributed by atoms with van der Waals surface area (Å²) in [6.07, 6.45) is -1.51. The highest BCUT2D eigenvalue weighted by Crippen LogP contribution is 2.36. The summed E-state index contributed by atoms with van der Waals surface area (Å²) in [6, 6.07) is 8.05.